The third-order valence-electron chi connectivity index (χ3n) is 9.35. The highest BCUT2D eigenvalue weighted by Crippen LogP contribution is 2.23. The number of methoxy groups -OCH3 is 1. The van der Waals surface area contributed by atoms with Gasteiger partial charge < -0.3 is 9.84 Å². The molecule has 2 aromatic carbocycles. The lowest BCUT2D eigenvalue weighted by Crippen LogP contribution is -2.17. The topological polar surface area (TPSA) is 149 Å². The molecule has 0 bridgehead atoms. The summed E-state index contributed by atoms with van der Waals surface area (Å²) in [6.45, 7) is 0. The minimum Gasteiger partial charge on any atom is -0.481 e. The van der Waals surface area contributed by atoms with Gasteiger partial charge in [0.05, 0.1) is 28.0 Å². The smallest absolute Gasteiger partial charge is 0.335 e. The molecular formula is C47H36N4O7S3. The summed E-state index contributed by atoms with van der Waals surface area (Å²) in [5.74, 6) is 12.2. The molecule has 0 aliphatic carbocycles. The monoisotopic (exact) mass is 864 g/mol. The molecule has 0 saturated heterocycles. The molecule has 0 unspecified atom stereocenters. The summed E-state index contributed by atoms with van der Waals surface area (Å²) in [6.07, 6.45) is 12.0. The molecule has 61 heavy (non-hydrogen) atoms. The Hall–Kier alpha value is -7.10. The minimum absolute atomic E-state index is 0.0945. The highest BCUT2D eigenvalue weighted by atomic mass is 32.2. The van der Waals surface area contributed by atoms with Gasteiger partial charge in [-0.1, -0.05) is 60.1 Å². The van der Waals surface area contributed by atoms with E-state index in [9.17, 15) is 22.8 Å². The molecule has 0 saturated carbocycles. The van der Waals surface area contributed by atoms with Crippen LogP contribution in [0.15, 0.2) is 142 Å². The van der Waals surface area contributed by atoms with Gasteiger partial charge in [0.1, 0.15) is 9.66 Å². The Morgan fingerprint density at radius 1 is 0.803 bits per heavy atom. The van der Waals surface area contributed by atoms with Crippen molar-refractivity contribution in [3.05, 3.63) is 197 Å². The van der Waals surface area contributed by atoms with Crippen molar-refractivity contribution in [3.8, 4) is 29.6 Å². The fourth-order valence-corrected chi connectivity index (χ4v) is 8.70. The third kappa shape index (κ3) is 10.6. The largest absolute Gasteiger partial charge is 0.481 e. The van der Waals surface area contributed by atoms with Gasteiger partial charge in [-0.3, -0.25) is 23.4 Å². The number of sulfone groups is 1. The van der Waals surface area contributed by atoms with Crippen molar-refractivity contribution < 1.29 is 23.1 Å². The van der Waals surface area contributed by atoms with Gasteiger partial charge in [-0.2, -0.15) is 0 Å². The third-order valence-corrected chi connectivity index (χ3v) is 12.5. The van der Waals surface area contributed by atoms with Gasteiger partial charge in [-0.15, -0.1) is 22.7 Å². The molecule has 6 heterocycles. The summed E-state index contributed by atoms with van der Waals surface area (Å²) in [4.78, 5) is 47.2. The predicted molar refractivity (Wildman–Crippen MR) is 238 cm³/mol. The Kier molecular flexibility index (Phi) is 13.0. The summed E-state index contributed by atoms with van der Waals surface area (Å²) >= 11 is 2.94. The Balaban J connectivity index is 0.000000184. The van der Waals surface area contributed by atoms with Gasteiger partial charge in [0.2, 0.25) is 5.88 Å². The minimum atomic E-state index is -3.22. The molecule has 0 aliphatic heterocycles. The second-order valence-corrected chi connectivity index (χ2v) is 17.7. The van der Waals surface area contributed by atoms with E-state index >= 15 is 0 Å². The Morgan fingerprint density at radius 3 is 2.23 bits per heavy atom. The lowest BCUT2D eigenvalue weighted by Gasteiger charge is -2.05. The van der Waals surface area contributed by atoms with Crippen LogP contribution in [0.3, 0.4) is 0 Å². The van der Waals surface area contributed by atoms with Crippen molar-refractivity contribution in [1.29, 1.82) is 0 Å². The van der Waals surface area contributed by atoms with E-state index in [2.05, 4.69) is 33.6 Å². The number of fused-ring (bicyclic) bond motifs is 2. The van der Waals surface area contributed by atoms with Crippen molar-refractivity contribution in [1.82, 2.24) is 18.8 Å². The molecule has 0 spiro atoms. The van der Waals surface area contributed by atoms with E-state index in [0.717, 1.165) is 47.9 Å². The summed E-state index contributed by atoms with van der Waals surface area (Å²) in [5, 5.41) is 10.9. The molecule has 0 atom stereocenters. The maximum atomic E-state index is 12.9. The molecule has 11 nitrogen and oxygen atoms in total. The van der Waals surface area contributed by atoms with E-state index in [0.29, 0.717) is 42.0 Å². The molecule has 0 amide bonds. The van der Waals surface area contributed by atoms with E-state index < -0.39 is 15.8 Å². The molecule has 8 aromatic rings. The van der Waals surface area contributed by atoms with Gasteiger partial charge in [-0.05, 0) is 70.3 Å². The van der Waals surface area contributed by atoms with E-state index in [1.807, 2.05) is 41.8 Å². The molecule has 8 rings (SSSR count). The number of thiazole rings is 2. The van der Waals surface area contributed by atoms with Gasteiger partial charge in [0.25, 0.3) is 11.1 Å². The summed E-state index contributed by atoms with van der Waals surface area (Å²) in [6, 6.07) is 26.2. The first kappa shape index (κ1) is 42.0. The van der Waals surface area contributed by atoms with Crippen LogP contribution in [0.2, 0.25) is 0 Å². The Labute approximate surface area is 359 Å². The number of carboxylic acids is 1. The number of hydrogen-bond donors (Lipinski definition) is 1. The Morgan fingerprint density at radius 2 is 1.52 bits per heavy atom. The number of aromatic carboxylic acids is 1. The maximum absolute atomic E-state index is 12.9. The highest BCUT2D eigenvalue weighted by molar-refractivity contribution is 7.90. The van der Waals surface area contributed by atoms with E-state index in [-0.39, 0.29) is 16.7 Å². The lowest BCUT2D eigenvalue weighted by molar-refractivity contribution is 0.0697. The maximum Gasteiger partial charge on any atom is 0.335 e. The fourth-order valence-electron chi connectivity index (χ4n) is 6.27. The van der Waals surface area contributed by atoms with Gasteiger partial charge in [0.15, 0.2) is 9.84 Å². The number of nitrogens with zero attached hydrogens (tertiary/aromatic N) is 4. The van der Waals surface area contributed by atoms with Gasteiger partial charge in [0, 0.05) is 86.0 Å². The van der Waals surface area contributed by atoms with E-state index in [1.165, 1.54) is 28.9 Å². The van der Waals surface area contributed by atoms with Crippen LogP contribution in [0.1, 0.15) is 54.2 Å². The van der Waals surface area contributed by atoms with Crippen LogP contribution in [-0.2, 0) is 35.5 Å². The van der Waals surface area contributed by atoms with Crippen LogP contribution in [0.5, 0.6) is 5.88 Å². The zero-order chi connectivity index (χ0) is 42.9. The molecule has 0 fully saturated rings. The molecule has 6 aromatic heterocycles. The first-order chi connectivity index (χ1) is 29.4. The number of aromatic nitrogens is 4. The average Bonchev–Trinajstić information content (AvgIpc) is 3.94. The van der Waals surface area contributed by atoms with Gasteiger partial charge in [-0.25, -0.2) is 18.2 Å². The average molecular weight is 865 g/mol. The summed E-state index contributed by atoms with van der Waals surface area (Å²) in [7, 11) is -1.65. The summed E-state index contributed by atoms with van der Waals surface area (Å²) < 4.78 is 31.7. The predicted octanol–water partition coefficient (Wildman–Crippen LogP) is 6.99. The molecule has 1 N–H and O–H groups in total. The van der Waals surface area contributed by atoms with Crippen molar-refractivity contribution in [2.24, 2.45) is 0 Å². The second-order valence-electron chi connectivity index (χ2n) is 13.7. The van der Waals surface area contributed by atoms with Crippen LogP contribution >= 0.6 is 22.7 Å². The normalized spacial score (nSPS) is 10.9. The molecule has 0 aliphatic rings. The lowest BCUT2D eigenvalue weighted by atomic mass is 10.0. The second kappa shape index (κ2) is 18.9. The standard InChI is InChI=1S/C24H18N2O4S.C23H18N2O3S2/c1-30-21-14-16(9-10-25-21)3-2-4-19-15-20(22(27)26-11-12-31-23(19)26)13-17-5-7-18(8-6-17)24(28)29;1-30(27,28)21-10-7-17(8-11-21)14-19-9-12-22(26)25-16-20(29-23(19)25)6-2-4-18-5-3-13-24-15-18/h5-12,14-15H,3,13H2,1H3,(H,28,29);3,5,7-13,15-16H,4,14H2,1H3. The number of carbonyl (C=O) groups is 1. The molecule has 0 radical (unpaired) electrons. The van der Waals surface area contributed by atoms with Crippen LogP contribution in [0.25, 0.3) is 9.66 Å². The van der Waals surface area contributed by atoms with Crippen LogP contribution in [0.4, 0.5) is 0 Å². The highest BCUT2D eigenvalue weighted by Gasteiger charge is 2.13. The van der Waals surface area contributed by atoms with Crippen LogP contribution in [-0.4, -0.2) is 51.6 Å². The molecule has 14 heteroatoms. The van der Waals surface area contributed by atoms with E-state index in [4.69, 9.17) is 9.84 Å². The zero-order valence-electron chi connectivity index (χ0n) is 32.9. The quantitative estimate of drug-likeness (QED) is 0.152. The molecular weight excluding hydrogens is 829 g/mol. The number of hydrogen-bond acceptors (Lipinski definition) is 10. The van der Waals surface area contributed by atoms with Crippen molar-refractivity contribution in [2.75, 3.05) is 13.4 Å². The number of ether oxygens (including phenoxy) is 1. The number of pyridine rings is 4. The van der Waals surface area contributed by atoms with Crippen molar-refractivity contribution in [3.63, 3.8) is 0 Å². The number of rotatable bonds is 9. The van der Waals surface area contributed by atoms with Crippen LogP contribution in [0, 0.1) is 23.7 Å². The van der Waals surface area contributed by atoms with Crippen LogP contribution < -0.4 is 15.9 Å². The SMILES string of the molecule is COc1cc(CC#Cc2cc(Cc3ccc(C(=O)O)cc3)c(=O)n3ccsc23)ccn1.CS(=O)(=O)c1ccc(Cc2ccc(=O)n3cc(C#CCc4cccnc4)sc23)cc1. The van der Waals surface area contributed by atoms with Crippen molar-refractivity contribution in [2.45, 2.75) is 30.6 Å². The number of carboxylic acid groups (broad SMARTS) is 1. The van der Waals surface area contributed by atoms with Gasteiger partial charge >= 0.3 is 5.97 Å². The Bertz CT molecular complexity index is 3240. The molecule has 304 valence electrons. The van der Waals surface area contributed by atoms with E-state index in [1.54, 1.807) is 101 Å². The first-order valence-electron chi connectivity index (χ1n) is 18.7. The summed E-state index contributed by atoms with van der Waals surface area (Å²) in [5.41, 5.74) is 6.28. The number of benzene rings is 2. The fraction of sp³-hybridized carbons (Fsp3) is 0.128. The zero-order valence-corrected chi connectivity index (χ0v) is 35.3. The van der Waals surface area contributed by atoms with Crippen molar-refractivity contribution >= 4 is 48.1 Å². The first-order valence-corrected chi connectivity index (χ1v) is 22.3.